The van der Waals surface area contributed by atoms with Crippen LogP contribution in [0.5, 0.6) is 5.75 Å². The fraction of sp³-hybridized carbons (Fsp3) is 0.613. The molecule has 3 N–H and O–H groups in total. The van der Waals surface area contributed by atoms with E-state index in [1.165, 1.54) is 14.0 Å². The largest absolute Gasteiger partial charge is 0.495 e. The van der Waals surface area contributed by atoms with Crippen molar-refractivity contribution in [3.63, 3.8) is 0 Å². The molecule has 1 saturated heterocycles. The van der Waals surface area contributed by atoms with Gasteiger partial charge in [0.1, 0.15) is 5.75 Å². The van der Waals surface area contributed by atoms with Gasteiger partial charge in [-0.1, -0.05) is 12.8 Å². The summed E-state index contributed by atoms with van der Waals surface area (Å²) >= 11 is 0. The Morgan fingerprint density at radius 2 is 1.91 bits per heavy atom. The lowest BCUT2D eigenvalue weighted by Crippen LogP contribution is -2.43. The molecule has 234 valence electrons. The number of ether oxygens (including phenoxy) is 1. The van der Waals surface area contributed by atoms with Crippen LogP contribution >= 0.6 is 0 Å². The Morgan fingerprint density at radius 3 is 2.60 bits per heavy atom. The van der Waals surface area contributed by atoms with E-state index in [1.54, 1.807) is 18.2 Å². The van der Waals surface area contributed by atoms with Crippen LogP contribution in [0, 0.1) is 11.3 Å². The van der Waals surface area contributed by atoms with Crippen LogP contribution in [-0.4, -0.2) is 66.0 Å². The number of hydrogen-bond donors (Lipinski definition) is 3. The molecule has 2 heterocycles. The van der Waals surface area contributed by atoms with Crippen molar-refractivity contribution in [2.24, 2.45) is 11.3 Å². The Labute approximate surface area is 250 Å². The number of benzene rings is 1. The predicted octanol–water partition coefficient (Wildman–Crippen LogP) is 5.09. The highest BCUT2D eigenvalue weighted by molar-refractivity contribution is 5.95. The molecule has 0 radical (unpaired) electrons. The molecule has 2 aliphatic carbocycles. The Hall–Kier alpha value is -3.41. The first-order valence-corrected chi connectivity index (χ1v) is 15.1. The van der Waals surface area contributed by atoms with Gasteiger partial charge in [0.05, 0.1) is 24.1 Å². The number of methoxy groups -OCH3 is 1. The van der Waals surface area contributed by atoms with Gasteiger partial charge >= 0.3 is 6.18 Å². The van der Waals surface area contributed by atoms with E-state index in [-0.39, 0.29) is 53.3 Å². The second-order valence-electron chi connectivity index (χ2n) is 12.3. The van der Waals surface area contributed by atoms with Crippen LogP contribution in [0.2, 0.25) is 0 Å². The quantitative estimate of drug-likeness (QED) is 0.367. The van der Waals surface area contributed by atoms with E-state index >= 15 is 0 Å². The fourth-order valence-corrected chi connectivity index (χ4v) is 6.94. The molecule has 0 bridgehead atoms. The van der Waals surface area contributed by atoms with E-state index in [1.807, 2.05) is 0 Å². The highest BCUT2D eigenvalue weighted by Gasteiger charge is 2.58. The van der Waals surface area contributed by atoms with Crippen LogP contribution in [-0.2, 0) is 17.4 Å². The summed E-state index contributed by atoms with van der Waals surface area (Å²) in [7, 11) is 3.52. The van der Waals surface area contributed by atoms with Crippen molar-refractivity contribution in [1.29, 1.82) is 0 Å². The van der Waals surface area contributed by atoms with Gasteiger partial charge in [0.25, 0.3) is 5.91 Å². The summed E-state index contributed by atoms with van der Waals surface area (Å²) in [4.78, 5) is 35.1. The lowest BCUT2D eigenvalue weighted by atomic mass is 9.79. The maximum absolute atomic E-state index is 13.9. The third kappa shape index (κ3) is 7.22. The van der Waals surface area contributed by atoms with Gasteiger partial charge < -0.3 is 25.6 Å². The van der Waals surface area contributed by atoms with Gasteiger partial charge in [0.2, 0.25) is 11.9 Å². The Morgan fingerprint density at radius 1 is 1.14 bits per heavy atom. The molecular weight excluding hydrogens is 561 g/mol. The van der Waals surface area contributed by atoms with Crippen LogP contribution in [0.1, 0.15) is 79.9 Å². The lowest BCUT2D eigenvalue weighted by Gasteiger charge is -2.33. The van der Waals surface area contributed by atoms with Gasteiger partial charge in [-0.25, -0.2) is 9.97 Å². The number of aryl methyl sites for hydroxylation is 1. The predicted molar refractivity (Wildman–Crippen MR) is 156 cm³/mol. The molecule has 3 aliphatic rings. The standard InChI is InChI=1S/C31H41F3N6O3/c1-19(41)36-27-6-4-5-13-30(27)17-21(30)8-10-24-23(31(32,33)34)18-35-29(38-24)39-25-9-7-20(16-26(25)43-3)28(42)37-22-11-14-40(2)15-12-22/h7,9,16,18,21-22,27H,4-6,8,10-15,17H2,1-3H3,(H,36,41)(H,37,42)(H,35,38,39)/t21?,27-,30+/m1/s1. The van der Waals surface area contributed by atoms with E-state index in [0.717, 1.165) is 64.2 Å². The minimum Gasteiger partial charge on any atom is -0.495 e. The number of nitrogens with one attached hydrogen (secondary N) is 3. The normalized spacial score (nSPS) is 24.4. The summed E-state index contributed by atoms with van der Waals surface area (Å²) in [5.74, 6) is 0.338. The maximum Gasteiger partial charge on any atom is 0.419 e. The summed E-state index contributed by atoms with van der Waals surface area (Å²) in [5.41, 5.74) is -0.0696. The number of alkyl halides is 3. The number of nitrogens with zero attached hydrogens (tertiary/aromatic N) is 3. The van der Waals surface area contributed by atoms with Crippen molar-refractivity contribution < 1.29 is 27.5 Å². The molecule has 12 heteroatoms. The number of carbonyl (C=O) groups is 2. The van der Waals surface area contributed by atoms with Crippen molar-refractivity contribution in [2.45, 2.75) is 83.0 Å². The van der Waals surface area contributed by atoms with Crippen LogP contribution in [0.3, 0.4) is 0 Å². The van der Waals surface area contributed by atoms with Gasteiger partial charge in [0, 0.05) is 30.8 Å². The molecule has 1 aromatic heterocycles. The number of amides is 2. The zero-order valence-corrected chi connectivity index (χ0v) is 25.0. The highest BCUT2D eigenvalue weighted by Crippen LogP contribution is 2.63. The summed E-state index contributed by atoms with van der Waals surface area (Å²) in [6.45, 7) is 3.36. The number of rotatable bonds is 9. The van der Waals surface area contributed by atoms with Crippen molar-refractivity contribution >= 4 is 23.5 Å². The first kappa shape index (κ1) is 31.0. The maximum atomic E-state index is 13.9. The van der Waals surface area contributed by atoms with Crippen molar-refractivity contribution in [1.82, 2.24) is 25.5 Å². The lowest BCUT2D eigenvalue weighted by molar-refractivity contribution is -0.138. The number of likely N-dealkylation sites (tertiary alicyclic amines) is 1. The molecule has 5 rings (SSSR count). The van der Waals surface area contributed by atoms with Gasteiger partial charge in [-0.2, -0.15) is 13.2 Å². The zero-order chi connectivity index (χ0) is 30.8. The minimum absolute atomic E-state index is 0.0177. The topological polar surface area (TPSA) is 108 Å². The molecule has 3 fully saturated rings. The van der Waals surface area contributed by atoms with Gasteiger partial charge in [-0.05, 0) is 94.6 Å². The molecule has 43 heavy (non-hydrogen) atoms. The number of piperidine rings is 1. The summed E-state index contributed by atoms with van der Waals surface area (Å²) in [6, 6.07) is 5.06. The molecule has 2 aromatic rings. The second kappa shape index (κ2) is 12.7. The first-order chi connectivity index (χ1) is 20.5. The Balaban J connectivity index is 1.28. The van der Waals surface area contributed by atoms with E-state index in [9.17, 15) is 22.8 Å². The fourth-order valence-electron chi connectivity index (χ4n) is 6.94. The van der Waals surface area contributed by atoms with Crippen LogP contribution in [0.25, 0.3) is 0 Å². The van der Waals surface area contributed by atoms with E-state index in [2.05, 4.69) is 37.9 Å². The summed E-state index contributed by atoms with van der Waals surface area (Å²) < 4.78 is 47.2. The molecule has 1 aromatic carbocycles. The third-order valence-corrected chi connectivity index (χ3v) is 9.40. The number of anilines is 2. The molecule has 3 atom stereocenters. The SMILES string of the molecule is COc1cc(C(=O)NC2CCN(C)CC2)ccc1Nc1ncc(C(F)(F)F)c(CCC2C[C@@]23CCCC[C@H]3NC(C)=O)n1. The van der Waals surface area contributed by atoms with Crippen molar-refractivity contribution in [2.75, 3.05) is 32.6 Å². The Kier molecular flexibility index (Phi) is 9.15. The average molecular weight is 603 g/mol. The second-order valence-corrected chi connectivity index (χ2v) is 12.3. The van der Waals surface area contributed by atoms with Crippen LogP contribution in [0.4, 0.5) is 24.8 Å². The van der Waals surface area contributed by atoms with Gasteiger partial charge in [0.15, 0.2) is 0 Å². The summed E-state index contributed by atoms with van der Waals surface area (Å²) in [6.07, 6.45) is 3.62. The average Bonchev–Trinajstić information content (AvgIpc) is 3.66. The molecule has 1 spiro atoms. The number of aromatic nitrogens is 2. The molecular formula is C31H41F3N6O3. The van der Waals surface area contributed by atoms with Gasteiger partial charge in [-0.15, -0.1) is 0 Å². The van der Waals surface area contributed by atoms with Crippen molar-refractivity contribution in [3.8, 4) is 5.75 Å². The number of hydrogen-bond acceptors (Lipinski definition) is 7. The van der Waals surface area contributed by atoms with E-state index in [0.29, 0.717) is 23.4 Å². The van der Waals surface area contributed by atoms with Crippen LogP contribution in [0.15, 0.2) is 24.4 Å². The van der Waals surface area contributed by atoms with Crippen LogP contribution < -0.4 is 20.7 Å². The molecule has 1 unspecified atom stereocenters. The smallest absolute Gasteiger partial charge is 0.419 e. The molecule has 2 saturated carbocycles. The third-order valence-electron chi connectivity index (χ3n) is 9.40. The van der Waals surface area contributed by atoms with Gasteiger partial charge in [-0.3, -0.25) is 9.59 Å². The zero-order valence-electron chi connectivity index (χ0n) is 25.0. The molecule has 2 amide bonds. The first-order valence-electron chi connectivity index (χ1n) is 15.1. The minimum atomic E-state index is -4.58. The van der Waals surface area contributed by atoms with Crippen molar-refractivity contribution in [3.05, 3.63) is 41.2 Å². The Bertz CT molecular complexity index is 1330. The monoisotopic (exact) mass is 602 g/mol. The van der Waals surface area contributed by atoms with E-state index < -0.39 is 11.7 Å². The highest BCUT2D eigenvalue weighted by atomic mass is 19.4. The molecule has 1 aliphatic heterocycles. The van der Waals surface area contributed by atoms with E-state index in [4.69, 9.17) is 4.74 Å². The summed E-state index contributed by atoms with van der Waals surface area (Å²) in [5, 5.41) is 9.14. The number of halogens is 3. The molecule has 9 nitrogen and oxygen atoms in total. The number of carbonyl (C=O) groups excluding carboxylic acids is 2.